The van der Waals surface area contributed by atoms with Gasteiger partial charge < -0.3 is 19.3 Å². The summed E-state index contributed by atoms with van der Waals surface area (Å²) in [7, 11) is 0. The number of allylic oxidation sites excluding steroid dienone is 1. The molecule has 2 aliphatic carbocycles. The van der Waals surface area contributed by atoms with E-state index >= 15 is 0 Å². The number of ether oxygens (including phenoxy) is 3. The predicted molar refractivity (Wildman–Crippen MR) is 98.7 cm³/mol. The van der Waals surface area contributed by atoms with E-state index in [1.165, 1.54) is 6.92 Å². The molecule has 1 N–H and O–H groups in total. The summed E-state index contributed by atoms with van der Waals surface area (Å²) in [4.78, 5) is 36.6. The largest absolute Gasteiger partial charge is 0.457 e. The smallest absolute Gasteiger partial charge is 0.334 e. The molecule has 3 rings (SSSR count). The van der Waals surface area contributed by atoms with Crippen LogP contribution >= 0.6 is 0 Å². The topological polar surface area (TPSA) is 99.1 Å². The minimum atomic E-state index is -1.28. The highest BCUT2D eigenvalue weighted by molar-refractivity contribution is 5.91. The van der Waals surface area contributed by atoms with Gasteiger partial charge in [-0.2, -0.15) is 0 Å². The van der Waals surface area contributed by atoms with Crippen molar-refractivity contribution < 1.29 is 33.7 Å². The molecule has 0 unspecified atom stereocenters. The summed E-state index contributed by atoms with van der Waals surface area (Å²) in [6.07, 6.45) is 0.686. The van der Waals surface area contributed by atoms with Gasteiger partial charge in [0.2, 0.25) is 0 Å². The van der Waals surface area contributed by atoms with Gasteiger partial charge >= 0.3 is 17.9 Å². The van der Waals surface area contributed by atoms with E-state index in [4.69, 9.17) is 14.2 Å². The van der Waals surface area contributed by atoms with Crippen molar-refractivity contribution in [2.75, 3.05) is 0 Å². The molecule has 0 spiro atoms. The second kappa shape index (κ2) is 6.88. The van der Waals surface area contributed by atoms with Crippen LogP contribution in [0.5, 0.6) is 0 Å². The maximum absolute atomic E-state index is 12.4. The van der Waals surface area contributed by atoms with Crippen LogP contribution in [0.1, 0.15) is 34.6 Å². The first-order valence-electron chi connectivity index (χ1n) is 9.35. The molecule has 0 bridgehead atoms. The monoisotopic (exact) mass is 390 g/mol. The highest BCUT2D eigenvalue weighted by Gasteiger charge is 2.59. The summed E-state index contributed by atoms with van der Waals surface area (Å²) in [5, 5.41) is 10.9. The highest BCUT2D eigenvalue weighted by Crippen LogP contribution is 2.50. The summed E-state index contributed by atoms with van der Waals surface area (Å²) in [5.41, 5.74) is 0.216. The van der Waals surface area contributed by atoms with E-state index in [1.54, 1.807) is 39.8 Å². The number of carbonyl (C=O) groups is 3. The van der Waals surface area contributed by atoms with Crippen LogP contribution in [0.4, 0.5) is 0 Å². The van der Waals surface area contributed by atoms with Gasteiger partial charge in [0.05, 0.1) is 23.4 Å². The first-order chi connectivity index (χ1) is 13.0. The summed E-state index contributed by atoms with van der Waals surface area (Å²) in [6, 6.07) is 0. The Bertz CT molecular complexity index is 802. The fraction of sp³-hybridized carbons (Fsp3) is 0.571. The van der Waals surface area contributed by atoms with Crippen LogP contribution in [-0.4, -0.2) is 46.9 Å². The number of rotatable bonds is 3. The van der Waals surface area contributed by atoms with Gasteiger partial charge in [-0.25, -0.2) is 4.79 Å². The molecular weight excluding hydrogens is 364 g/mol. The van der Waals surface area contributed by atoms with Crippen molar-refractivity contribution in [2.45, 2.75) is 58.5 Å². The Labute approximate surface area is 164 Å². The van der Waals surface area contributed by atoms with Crippen LogP contribution in [0.25, 0.3) is 0 Å². The predicted octanol–water partition coefficient (Wildman–Crippen LogP) is 1.85. The molecule has 1 aliphatic heterocycles. The molecule has 1 fully saturated rings. The molecule has 7 nitrogen and oxygen atoms in total. The van der Waals surface area contributed by atoms with Gasteiger partial charge in [-0.1, -0.05) is 32.6 Å². The van der Waals surface area contributed by atoms with E-state index in [1.807, 2.05) is 0 Å². The lowest BCUT2D eigenvalue weighted by molar-refractivity contribution is -0.172. The quantitative estimate of drug-likeness (QED) is 0.446. The Balaban J connectivity index is 2.18. The van der Waals surface area contributed by atoms with E-state index in [0.29, 0.717) is 11.1 Å². The first kappa shape index (κ1) is 20.3. The van der Waals surface area contributed by atoms with Gasteiger partial charge in [0.15, 0.2) is 12.2 Å². The Morgan fingerprint density at radius 1 is 1.32 bits per heavy atom. The van der Waals surface area contributed by atoms with Crippen molar-refractivity contribution in [3.05, 3.63) is 35.5 Å². The molecule has 0 radical (unpaired) electrons. The SMILES string of the molecule is C=C1C(=O)O[C@H]2[C@H]1[C@@H](OC(=O)C(C)C)[C@@H](OC(C)=O)C(C)=C1C=C[C@](C)(O)[C@@H]12. The Hall–Kier alpha value is -2.41. The van der Waals surface area contributed by atoms with Gasteiger partial charge in [0, 0.05) is 12.5 Å². The van der Waals surface area contributed by atoms with Crippen molar-refractivity contribution in [3.63, 3.8) is 0 Å². The zero-order valence-electron chi connectivity index (χ0n) is 16.7. The molecule has 0 amide bonds. The minimum Gasteiger partial charge on any atom is -0.457 e. The van der Waals surface area contributed by atoms with E-state index in [9.17, 15) is 19.5 Å². The number of aliphatic hydroxyl groups is 1. The second-order valence-electron chi connectivity index (χ2n) is 8.18. The summed E-state index contributed by atoms with van der Waals surface area (Å²) in [6.45, 7) is 11.9. The van der Waals surface area contributed by atoms with Crippen LogP contribution in [-0.2, 0) is 28.6 Å². The van der Waals surface area contributed by atoms with Crippen molar-refractivity contribution in [1.82, 2.24) is 0 Å². The average Bonchev–Trinajstić information content (AvgIpc) is 3.02. The zero-order valence-corrected chi connectivity index (χ0v) is 16.7. The van der Waals surface area contributed by atoms with Gasteiger partial charge in [-0.3, -0.25) is 9.59 Å². The summed E-state index contributed by atoms with van der Waals surface area (Å²) in [5.74, 6) is -3.38. The van der Waals surface area contributed by atoms with Gasteiger partial charge in [-0.15, -0.1) is 0 Å². The molecule has 3 aliphatic rings. The lowest BCUT2D eigenvalue weighted by Gasteiger charge is -2.34. The van der Waals surface area contributed by atoms with E-state index in [-0.39, 0.29) is 5.57 Å². The van der Waals surface area contributed by atoms with Gasteiger partial charge in [0.1, 0.15) is 6.10 Å². The fourth-order valence-electron chi connectivity index (χ4n) is 4.27. The number of carbonyl (C=O) groups excluding carboxylic acids is 3. The van der Waals surface area contributed by atoms with Crippen LogP contribution in [0, 0.1) is 17.8 Å². The zero-order chi connectivity index (χ0) is 21.0. The van der Waals surface area contributed by atoms with Crippen molar-refractivity contribution in [1.29, 1.82) is 0 Å². The minimum absolute atomic E-state index is 0.139. The molecule has 28 heavy (non-hydrogen) atoms. The summed E-state index contributed by atoms with van der Waals surface area (Å²) < 4.78 is 16.9. The molecule has 0 aromatic rings. The van der Waals surface area contributed by atoms with Crippen LogP contribution in [0.2, 0.25) is 0 Å². The third kappa shape index (κ3) is 3.17. The molecule has 0 aromatic carbocycles. The van der Waals surface area contributed by atoms with Crippen LogP contribution in [0.3, 0.4) is 0 Å². The normalized spacial score (nSPS) is 36.8. The fourth-order valence-corrected chi connectivity index (χ4v) is 4.27. The van der Waals surface area contributed by atoms with E-state index in [0.717, 1.165) is 0 Å². The molecule has 0 saturated carbocycles. The lowest BCUT2D eigenvalue weighted by Crippen LogP contribution is -2.47. The van der Waals surface area contributed by atoms with Gasteiger partial charge in [-0.05, 0) is 25.0 Å². The lowest BCUT2D eigenvalue weighted by atomic mass is 9.78. The average molecular weight is 390 g/mol. The van der Waals surface area contributed by atoms with Crippen molar-refractivity contribution in [2.24, 2.45) is 17.8 Å². The molecule has 7 heteroatoms. The second-order valence-corrected chi connectivity index (χ2v) is 8.18. The molecule has 1 heterocycles. The first-order valence-corrected chi connectivity index (χ1v) is 9.35. The molecular formula is C21H26O7. The van der Waals surface area contributed by atoms with Crippen molar-refractivity contribution >= 4 is 17.9 Å². The van der Waals surface area contributed by atoms with E-state index in [2.05, 4.69) is 6.58 Å². The molecule has 0 aromatic heterocycles. The number of fused-ring (bicyclic) bond motifs is 3. The number of esters is 3. The molecule has 6 atom stereocenters. The van der Waals surface area contributed by atoms with E-state index < -0.39 is 59.6 Å². The maximum Gasteiger partial charge on any atom is 0.334 e. The van der Waals surface area contributed by atoms with Gasteiger partial charge in [0.25, 0.3) is 0 Å². The van der Waals surface area contributed by atoms with Crippen molar-refractivity contribution in [3.8, 4) is 0 Å². The maximum atomic E-state index is 12.4. The Morgan fingerprint density at radius 2 is 1.96 bits per heavy atom. The molecule has 1 saturated heterocycles. The number of hydrogen-bond acceptors (Lipinski definition) is 7. The summed E-state index contributed by atoms with van der Waals surface area (Å²) >= 11 is 0. The van der Waals surface area contributed by atoms with Crippen LogP contribution < -0.4 is 0 Å². The highest BCUT2D eigenvalue weighted by atomic mass is 16.6. The Morgan fingerprint density at radius 3 is 2.54 bits per heavy atom. The van der Waals surface area contributed by atoms with Crippen LogP contribution in [0.15, 0.2) is 35.5 Å². The Kier molecular flexibility index (Phi) is 5.00. The third-order valence-electron chi connectivity index (χ3n) is 5.71. The number of hydrogen-bond donors (Lipinski definition) is 1. The molecule has 152 valence electrons. The standard InChI is InChI=1S/C21H26O7/c1-9(2)19(23)28-18-14-11(4)20(24)27-17(14)15-13(7-8-21(15,6)25)10(3)16(18)26-12(5)22/h7-9,14-18,25H,4H2,1-3,5-6H3/t14-,15-,16-,17-,18+,21-/m0/s1. The third-order valence-corrected chi connectivity index (χ3v) is 5.71.